The summed E-state index contributed by atoms with van der Waals surface area (Å²) in [5.74, 6) is 0.429. The third kappa shape index (κ3) is 3.48. The van der Waals surface area contributed by atoms with Gasteiger partial charge in [-0.1, -0.05) is 31.5 Å². The van der Waals surface area contributed by atoms with Gasteiger partial charge in [0.05, 0.1) is 11.0 Å². The predicted octanol–water partition coefficient (Wildman–Crippen LogP) is 2.70. The molecule has 0 radical (unpaired) electrons. The maximum absolute atomic E-state index is 11.0. The van der Waals surface area contributed by atoms with E-state index in [2.05, 4.69) is 16.5 Å². The minimum atomic E-state index is -0.967. The quantitative estimate of drug-likeness (QED) is 0.571. The van der Waals surface area contributed by atoms with Gasteiger partial charge in [-0.3, -0.25) is 4.79 Å². The first kappa shape index (κ1) is 18.1. The molecule has 0 aliphatic carbocycles. The van der Waals surface area contributed by atoms with E-state index in [-0.39, 0.29) is 0 Å². The Kier molecular flexibility index (Phi) is 5.37. The Bertz CT molecular complexity index is 934. The van der Waals surface area contributed by atoms with E-state index in [1.807, 2.05) is 24.3 Å². The molecule has 0 saturated heterocycles. The zero-order valence-corrected chi connectivity index (χ0v) is 15.0. The molecule has 0 bridgehead atoms. The number of aryl methyl sites for hydroxylation is 2. The monoisotopic (exact) mass is 355 g/mol. The number of carboxylic acid groups (broad SMARTS) is 1. The van der Waals surface area contributed by atoms with Gasteiger partial charge in [-0.25, -0.2) is 9.97 Å². The second-order valence-corrected chi connectivity index (χ2v) is 6.58. The minimum absolute atomic E-state index is 0.417. The van der Waals surface area contributed by atoms with E-state index in [0.717, 1.165) is 47.0 Å². The van der Waals surface area contributed by atoms with Crippen LogP contribution in [-0.2, 0) is 17.8 Å². The molecule has 138 valence electrons. The van der Waals surface area contributed by atoms with Gasteiger partial charge in [0.15, 0.2) is 5.82 Å². The van der Waals surface area contributed by atoms with Crippen molar-refractivity contribution in [3.63, 3.8) is 0 Å². The first-order valence-corrected chi connectivity index (χ1v) is 9.04. The highest BCUT2D eigenvalue weighted by atomic mass is 16.4. The van der Waals surface area contributed by atoms with E-state index in [1.165, 1.54) is 0 Å². The Morgan fingerprint density at radius 1 is 1.27 bits per heavy atom. The summed E-state index contributed by atoms with van der Waals surface area (Å²) in [6.45, 7) is 2.80. The average molecular weight is 355 g/mol. The Labute approximate surface area is 152 Å². The number of nitrogen functional groups attached to an aromatic ring is 1. The molecule has 3 aromatic rings. The number of pyridine rings is 1. The number of hydrogen-bond acceptors (Lipinski definition) is 5. The number of anilines is 1. The number of benzene rings is 1. The van der Waals surface area contributed by atoms with Crippen LogP contribution in [0, 0.1) is 0 Å². The number of aromatic nitrogens is 3. The summed E-state index contributed by atoms with van der Waals surface area (Å²) < 4.78 is 2.17. The standard InChI is InChI=1S/C19H25N5O2/c1-2-3-10-15-23-16-17(24(15)11-6-8-13(20)19(25)26)12-7-4-5-9-14(12)22-18(16)21/h4-5,7,9,13H,2-3,6,8,10-11,20H2,1H3,(H2,21,22)(H,25,26)/t13-/m0/s1. The molecule has 1 atom stereocenters. The highest BCUT2D eigenvalue weighted by Gasteiger charge is 2.18. The summed E-state index contributed by atoms with van der Waals surface area (Å²) in [5, 5.41) is 10.00. The molecule has 0 aliphatic heterocycles. The Morgan fingerprint density at radius 3 is 2.77 bits per heavy atom. The van der Waals surface area contributed by atoms with E-state index in [1.54, 1.807) is 0 Å². The van der Waals surface area contributed by atoms with Gasteiger partial charge in [0.1, 0.15) is 17.4 Å². The first-order chi connectivity index (χ1) is 12.5. The highest BCUT2D eigenvalue weighted by molar-refractivity contribution is 6.06. The molecule has 0 saturated carbocycles. The molecule has 26 heavy (non-hydrogen) atoms. The molecule has 5 N–H and O–H groups in total. The number of para-hydroxylation sites is 1. The number of nitrogens with zero attached hydrogens (tertiary/aromatic N) is 3. The number of imidazole rings is 1. The number of nitrogens with two attached hydrogens (primary N) is 2. The molecule has 2 heterocycles. The summed E-state index contributed by atoms with van der Waals surface area (Å²) in [7, 11) is 0. The number of fused-ring (bicyclic) bond motifs is 3. The van der Waals surface area contributed by atoms with E-state index in [0.29, 0.717) is 25.2 Å². The van der Waals surface area contributed by atoms with Gasteiger partial charge in [-0.05, 0) is 25.3 Å². The summed E-state index contributed by atoms with van der Waals surface area (Å²) in [6, 6.07) is 7.03. The normalized spacial score (nSPS) is 12.7. The summed E-state index contributed by atoms with van der Waals surface area (Å²) >= 11 is 0. The number of unbranched alkanes of at least 4 members (excludes halogenated alkanes) is 1. The van der Waals surface area contributed by atoms with Crippen LogP contribution in [0.3, 0.4) is 0 Å². The topological polar surface area (TPSA) is 120 Å². The van der Waals surface area contributed by atoms with Crippen LogP contribution in [0.15, 0.2) is 24.3 Å². The number of carbonyl (C=O) groups is 1. The molecule has 2 aromatic heterocycles. The molecular weight excluding hydrogens is 330 g/mol. The molecule has 0 unspecified atom stereocenters. The van der Waals surface area contributed by atoms with Crippen molar-refractivity contribution >= 4 is 33.7 Å². The molecule has 3 rings (SSSR count). The van der Waals surface area contributed by atoms with Crippen LogP contribution >= 0.6 is 0 Å². The maximum atomic E-state index is 11.0. The lowest BCUT2D eigenvalue weighted by atomic mass is 10.1. The second-order valence-electron chi connectivity index (χ2n) is 6.58. The number of carboxylic acids is 1. The molecule has 7 nitrogen and oxygen atoms in total. The fourth-order valence-corrected chi connectivity index (χ4v) is 3.26. The van der Waals surface area contributed by atoms with Crippen LogP contribution in [0.1, 0.15) is 38.4 Å². The number of aliphatic carboxylic acids is 1. The van der Waals surface area contributed by atoms with Crippen molar-refractivity contribution in [3.8, 4) is 0 Å². The number of rotatable bonds is 8. The van der Waals surface area contributed by atoms with E-state index < -0.39 is 12.0 Å². The van der Waals surface area contributed by atoms with E-state index in [9.17, 15) is 4.79 Å². The number of hydrogen-bond donors (Lipinski definition) is 3. The van der Waals surface area contributed by atoms with Crippen molar-refractivity contribution < 1.29 is 9.90 Å². The third-order valence-electron chi connectivity index (χ3n) is 4.66. The third-order valence-corrected chi connectivity index (χ3v) is 4.66. The van der Waals surface area contributed by atoms with Crippen LogP contribution in [-0.4, -0.2) is 31.7 Å². The summed E-state index contributed by atoms with van der Waals surface area (Å²) in [4.78, 5) is 20.2. The van der Waals surface area contributed by atoms with Gasteiger partial charge in [0, 0.05) is 18.4 Å². The van der Waals surface area contributed by atoms with Gasteiger partial charge >= 0.3 is 5.97 Å². The second kappa shape index (κ2) is 7.70. The summed E-state index contributed by atoms with van der Waals surface area (Å²) in [6.07, 6.45) is 4.03. The highest BCUT2D eigenvalue weighted by Crippen LogP contribution is 2.29. The molecule has 1 aromatic carbocycles. The van der Waals surface area contributed by atoms with Crippen LogP contribution in [0.2, 0.25) is 0 Å². The van der Waals surface area contributed by atoms with Crippen molar-refractivity contribution in [1.29, 1.82) is 0 Å². The smallest absolute Gasteiger partial charge is 0.320 e. The zero-order valence-electron chi connectivity index (χ0n) is 15.0. The lowest BCUT2D eigenvalue weighted by molar-refractivity contribution is -0.138. The van der Waals surface area contributed by atoms with Crippen LogP contribution in [0.25, 0.3) is 21.9 Å². The molecular formula is C19H25N5O2. The van der Waals surface area contributed by atoms with Crippen molar-refractivity contribution in [2.75, 3.05) is 5.73 Å². The van der Waals surface area contributed by atoms with E-state index >= 15 is 0 Å². The van der Waals surface area contributed by atoms with Crippen LogP contribution in [0.4, 0.5) is 5.82 Å². The fourth-order valence-electron chi connectivity index (χ4n) is 3.26. The largest absolute Gasteiger partial charge is 0.480 e. The first-order valence-electron chi connectivity index (χ1n) is 9.04. The zero-order chi connectivity index (χ0) is 18.7. The molecule has 0 fully saturated rings. The van der Waals surface area contributed by atoms with Gasteiger partial charge in [-0.2, -0.15) is 0 Å². The van der Waals surface area contributed by atoms with Gasteiger partial charge in [-0.15, -0.1) is 0 Å². The van der Waals surface area contributed by atoms with Gasteiger partial charge in [0.25, 0.3) is 0 Å². The lowest BCUT2D eigenvalue weighted by Crippen LogP contribution is -2.30. The summed E-state index contributed by atoms with van der Waals surface area (Å²) in [5.41, 5.74) is 14.3. The Balaban J connectivity index is 2.05. The van der Waals surface area contributed by atoms with Crippen molar-refractivity contribution in [2.45, 2.75) is 51.6 Å². The van der Waals surface area contributed by atoms with Crippen LogP contribution < -0.4 is 11.5 Å². The van der Waals surface area contributed by atoms with Crippen molar-refractivity contribution in [1.82, 2.24) is 14.5 Å². The van der Waals surface area contributed by atoms with Crippen LogP contribution in [0.5, 0.6) is 0 Å². The average Bonchev–Trinajstić information content (AvgIpc) is 2.99. The SMILES string of the molecule is CCCCc1nc2c(N)nc3ccccc3c2n1CCC[C@H](N)C(=O)O. The fraction of sp³-hybridized carbons (Fsp3) is 0.421. The molecule has 0 spiro atoms. The molecule has 0 aliphatic rings. The predicted molar refractivity (Wildman–Crippen MR) is 103 cm³/mol. The Morgan fingerprint density at radius 2 is 2.04 bits per heavy atom. The minimum Gasteiger partial charge on any atom is -0.480 e. The molecule has 7 heteroatoms. The van der Waals surface area contributed by atoms with Crippen molar-refractivity contribution in [2.24, 2.45) is 5.73 Å². The molecule has 0 amide bonds. The van der Waals surface area contributed by atoms with Crippen molar-refractivity contribution in [3.05, 3.63) is 30.1 Å². The van der Waals surface area contributed by atoms with Gasteiger partial charge in [0.2, 0.25) is 0 Å². The lowest BCUT2D eigenvalue weighted by Gasteiger charge is -2.12. The van der Waals surface area contributed by atoms with E-state index in [4.69, 9.17) is 21.6 Å². The maximum Gasteiger partial charge on any atom is 0.320 e. The van der Waals surface area contributed by atoms with Gasteiger partial charge < -0.3 is 21.1 Å². The Hall–Kier alpha value is -2.67.